The van der Waals surface area contributed by atoms with Crippen molar-refractivity contribution in [1.29, 1.82) is 0 Å². The Hall–Kier alpha value is -1.00. The Labute approximate surface area is 107 Å². The highest BCUT2D eigenvalue weighted by molar-refractivity contribution is 5.19. The third-order valence-corrected chi connectivity index (χ3v) is 3.83. The van der Waals surface area contributed by atoms with Crippen molar-refractivity contribution >= 4 is 0 Å². The van der Waals surface area contributed by atoms with E-state index >= 15 is 0 Å². The van der Waals surface area contributed by atoms with E-state index < -0.39 is 11.6 Å². The van der Waals surface area contributed by atoms with Crippen molar-refractivity contribution in [2.75, 3.05) is 7.05 Å². The summed E-state index contributed by atoms with van der Waals surface area (Å²) >= 11 is 0. The molecule has 1 aromatic rings. The van der Waals surface area contributed by atoms with Gasteiger partial charge >= 0.3 is 0 Å². The van der Waals surface area contributed by atoms with Crippen LogP contribution >= 0.6 is 0 Å². The van der Waals surface area contributed by atoms with E-state index in [0.717, 1.165) is 25.7 Å². The lowest BCUT2D eigenvalue weighted by Gasteiger charge is -2.33. The molecule has 100 valence electrons. The van der Waals surface area contributed by atoms with Crippen molar-refractivity contribution in [3.8, 4) is 0 Å². The molecule has 2 rings (SSSR count). The highest BCUT2D eigenvalue weighted by atomic mass is 19.1. The molecule has 0 bridgehead atoms. The van der Waals surface area contributed by atoms with Crippen LogP contribution < -0.4 is 5.73 Å². The third-order valence-electron chi connectivity index (χ3n) is 3.83. The van der Waals surface area contributed by atoms with Gasteiger partial charge in [0.1, 0.15) is 11.6 Å². The highest BCUT2D eigenvalue weighted by Crippen LogP contribution is 2.23. The van der Waals surface area contributed by atoms with Gasteiger partial charge in [0, 0.05) is 24.2 Å². The smallest absolute Gasteiger partial charge is 0.130 e. The van der Waals surface area contributed by atoms with Crippen molar-refractivity contribution in [2.45, 2.75) is 44.3 Å². The maximum atomic E-state index is 13.6. The van der Waals surface area contributed by atoms with E-state index in [0.29, 0.717) is 18.6 Å². The first-order valence-corrected chi connectivity index (χ1v) is 6.46. The molecule has 0 aliphatic heterocycles. The van der Waals surface area contributed by atoms with Gasteiger partial charge in [0.15, 0.2) is 0 Å². The molecule has 0 aromatic heterocycles. The summed E-state index contributed by atoms with van der Waals surface area (Å²) in [6, 6.07) is 4.68. The second kappa shape index (κ2) is 5.76. The van der Waals surface area contributed by atoms with E-state index in [2.05, 4.69) is 0 Å². The van der Waals surface area contributed by atoms with E-state index in [1.54, 1.807) is 0 Å². The van der Waals surface area contributed by atoms with Crippen LogP contribution in [0, 0.1) is 11.6 Å². The second-order valence-corrected chi connectivity index (χ2v) is 5.18. The molecule has 2 nitrogen and oxygen atoms in total. The van der Waals surface area contributed by atoms with Gasteiger partial charge in [0.25, 0.3) is 0 Å². The Kier molecular flexibility index (Phi) is 4.30. The van der Waals surface area contributed by atoms with Gasteiger partial charge < -0.3 is 5.73 Å². The zero-order valence-corrected chi connectivity index (χ0v) is 10.7. The molecule has 1 fully saturated rings. The molecule has 1 aliphatic rings. The predicted molar refractivity (Wildman–Crippen MR) is 68.1 cm³/mol. The van der Waals surface area contributed by atoms with Crippen molar-refractivity contribution in [1.82, 2.24) is 4.90 Å². The SMILES string of the molecule is CN(Cc1c(F)cccc1F)C1CCC(N)CC1. The van der Waals surface area contributed by atoms with Crippen LogP contribution in [0.1, 0.15) is 31.2 Å². The Morgan fingerprint density at radius 3 is 2.28 bits per heavy atom. The van der Waals surface area contributed by atoms with E-state index in [4.69, 9.17) is 5.73 Å². The van der Waals surface area contributed by atoms with Crippen molar-refractivity contribution in [3.05, 3.63) is 35.4 Å². The number of nitrogens with zero attached hydrogens (tertiary/aromatic N) is 1. The summed E-state index contributed by atoms with van der Waals surface area (Å²) in [5.74, 6) is -0.927. The van der Waals surface area contributed by atoms with Crippen LogP contribution in [0.4, 0.5) is 8.78 Å². The molecular formula is C14H20F2N2. The molecule has 2 N–H and O–H groups in total. The molecule has 4 heteroatoms. The number of nitrogens with two attached hydrogens (primary N) is 1. The minimum absolute atomic E-state index is 0.162. The molecule has 0 radical (unpaired) electrons. The Balaban J connectivity index is 2.00. The molecule has 0 heterocycles. The summed E-state index contributed by atoms with van der Waals surface area (Å²) in [7, 11) is 1.92. The summed E-state index contributed by atoms with van der Waals surface area (Å²) in [4.78, 5) is 2.04. The van der Waals surface area contributed by atoms with Gasteiger partial charge in [-0.15, -0.1) is 0 Å². The zero-order chi connectivity index (χ0) is 13.1. The molecule has 18 heavy (non-hydrogen) atoms. The zero-order valence-electron chi connectivity index (χ0n) is 10.7. The molecular weight excluding hydrogens is 234 g/mol. The fourth-order valence-electron chi connectivity index (χ4n) is 2.60. The van der Waals surface area contributed by atoms with Gasteiger partial charge in [-0.2, -0.15) is 0 Å². The quantitative estimate of drug-likeness (QED) is 0.898. The van der Waals surface area contributed by atoms with Crippen molar-refractivity contribution in [2.24, 2.45) is 5.73 Å². The lowest BCUT2D eigenvalue weighted by molar-refractivity contribution is 0.172. The Morgan fingerprint density at radius 2 is 1.72 bits per heavy atom. The number of rotatable bonds is 3. The first-order valence-electron chi connectivity index (χ1n) is 6.46. The number of halogens is 2. The number of hydrogen-bond acceptors (Lipinski definition) is 2. The standard InChI is InChI=1S/C14H20F2N2/c1-18(11-7-5-10(17)6-8-11)9-12-13(15)3-2-4-14(12)16/h2-4,10-11H,5-9,17H2,1H3. The molecule has 0 unspecified atom stereocenters. The largest absolute Gasteiger partial charge is 0.328 e. The van der Waals surface area contributed by atoms with E-state index in [-0.39, 0.29) is 5.56 Å². The predicted octanol–water partition coefficient (Wildman–Crippen LogP) is 2.67. The Morgan fingerprint density at radius 1 is 1.17 bits per heavy atom. The monoisotopic (exact) mass is 254 g/mol. The lowest BCUT2D eigenvalue weighted by atomic mass is 9.91. The first-order chi connectivity index (χ1) is 8.58. The summed E-state index contributed by atoms with van der Waals surface area (Å²) in [6.45, 7) is 0.318. The average Bonchev–Trinajstić information content (AvgIpc) is 2.34. The van der Waals surface area contributed by atoms with Crippen molar-refractivity contribution < 1.29 is 8.78 Å². The van der Waals surface area contributed by atoms with Gasteiger partial charge in [-0.25, -0.2) is 8.78 Å². The van der Waals surface area contributed by atoms with Crippen LogP contribution in [0.5, 0.6) is 0 Å². The maximum Gasteiger partial charge on any atom is 0.130 e. The lowest BCUT2D eigenvalue weighted by Crippen LogP contribution is -2.38. The van der Waals surface area contributed by atoms with E-state index in [1.165, 1.54) is 18.2 Å². The van der Waals surface area contributed by atoms with Crippen LogP contribution in [0.3, 0.4) is 0 Å². The molecule has 1 aromatic carbocycles. The highest BCUT2D eigenvalue weighted by Gasteiger charge is 2.23. The van der Waals surface area contributed by atoms with Crippen LogP contribution in [-0.4, -0.2) is 24.0 Å². The van der Waals surface area contributed by atoms with Gasteiger partial charge in [-0.1, -0.05) is 6.07 Å². The van der Waals surface area contributed by atoms with Gasteiger partial charge in [0.05, 0.1) is 0 Å². The van der Waals surface area contributed by atoms with Crippen LogP contribution in [0.25, 0.3) is 0 Å². The molecule has 0 amide bonds. The topological polar surface area (TPSA) is 29.3 Å². The second-order valence-electron chi connectivity index (χ2n) is 5.18. The average molecular weight is 254 g/mol. The van der Waals surface area contributed by atoms with E-state index in [9.17, 15) is 8.78 Å². The molecule has 1 saturated carbocycles. The summed E-state index contributed by atoms with van der Waals surface area (Å²) in [5, 5.41) is 0. The minimum Gasteiger partial charge on any atom is -0.328 e. The third kappa shape index (κ3) is 3.06. The fourth-order valence-corrected chi connectivity index (χ4v) is 2.60. The molecule has 0 atom stereocenters. The van der Waals surface area contributed by atoms with Crippen LogP contribution in [-0.2, 0) is 6.54 Å². The minimum atomic E-state index is -0.464. The molecule has 1 aliphatic carbocycles. The fraction of sp³-hybridized carbons (Fsp3) is 0.571. The first kappa shape index (κ1) is 13.4. The van der Waals surface area contributed by atoms with Gasteiger partial charge in [-0.3, -0.25) is 4.90 Å². The maximum absolute atomic E-state index is 13.6. The van der Waals surface area contributed by atoms with E-state index in [1.807, 2.05) is 11.9 Å². The van der Waals surface area contributed by atoms with Crippen LogP contribution in [0.15, 0.2) is 18.2 Å². The number of benzene rings is 1. The van der Waals surface area contributed by atoms with Crippen molar-refractivity contribution in [3.63, 3.8) is 0 Å². The van der Waals surface area contributed by atoms with Gasteiger partial charge in [0.2, 0.25) is 0 Å². The summed E-state index contributed by atoms with van der Waals surface area (Å²) in [6.07, 6.45) is 4.00. The summed E-state index contributed by atoms with van der Waals surface area (Å²) in [5.41, 5.74) is 6.02. The normalized spacial score (nSPS) is 24.5. The van der Waals surface area contributed by atoms with Crippen LogP contribution in [0.2, 0.25) is 0 Å². The number of hydrogen-bond donors (Lipinski definition) is 1. The molecule has 0 spiro atoms. The molecule has 0 saturated heterocycles. The van der Waals surface area contributed by atoms with Gasteiger partial charge in [-0.05, 0) is 44.9 Å². The Bertz CT molecular complexity index is 381. The summed E-state index contributed by atoms with van der Waals surface area (Å²) < 4.78 is 27.1.